The van der Waals surface area contributed by atoms with Gasteiger partial charge in [-0.05, 0) is 25.7 Å². The summed E-state index contributed by atoms with van der Waals surface area (Å²) >= 11 is 0. The lowest BCUT2D eigenvalue weighted by atomic mass is 9.85. The molecular weight excluding hydrogens is 325 g/mol. The third kappa shape index (κ3) is 2.50. The van der Waals surface area contributed by atoms with Crippen molar-refractivity contribution >= 4 is 17.7 Å². The molecule has 25 heavy (non-hydrogen) atoms. The predicted octanol–water partition coefficient (Wildman–Crippen LogP) is 1.11. The maximum Gasteiger partial charge on any atom is 0.256 e. The number of hydrogen-bond acceptors (Lipinski definition) is 6. The molecule has 7 nitrogen and oxygen atoms in total. The maximum absolute atomic E-state index is 13.1. The molecule has 3 atom stereocenters. The number of nitrogens with zero attached hydrogens (tertiary/aromatic N) is 5. The van der Waals surface area contributed by atoms with Crippen LogP contribution < -0.4 is 4.90 Å². The smallest absolute Gasteiger partial charge is 0.256 e. The van der Waals surface area contributed by atoms with Crippen molar-refractivity contribution in [2.45, 2.75) is 25.3 Å². The van der Waals surface area contributed by atoms with E-state index in [-0.39, 0.29) is 11.8 Å². The van der Waals surface area contributed by atoms with Gasteiger partial charge in [0.2, 0.25) is 5.95 Å². The summed E-state index contributed by atoms with van der Waals surface area (Å²) in [4.78, 5) is 29.9. The molecule has 0 aromatic carbocycles. The highest BCUT2D eigenvalue weighted by Crippen LogP contribution is 2.50. The molecule has 1 spiro atoms. The SMILES string of the molecule is COCCN1C(=O)[C@]2(CC[C@@H]3CN(c4ncc(F)cn4)C[C@@H]32)N=C1C. The molecule has 1 aliphatic carbocycles. The van der Waals surface area contributed by atoms with Crippen molar-refractivity contribution in [2.75, 3.05) is 38.3 Å². The minimum Gasteiger partial charge on any atom is -0.383 e. The van der Waals surface area contributed by atoms with Gasteiger partial charge in [0.25, 0.3) is 5.91 Å². The number of carbonyl (C=O) groups is 1. The number of aliphatic imine (C=N–C) groups is 1. The van der Waals surface area contributed by atoms with Gasteiger partial charge in [0.05, 0.1) is 25.5 Å². The van der Waals surface area contributed by atoms with Crippen LogP contribution in [0.1, 0.15) is 19.8 Å². The van der Waals surface area contributed by atoms with Crippen LogP contribution in [-0.4, -0.2) is 65.5 Å². The molecule has 1 saturated carbocycles. The van der Waals surface area contributed by atoms with Gasteiger partial charge in [0, 0.05) is 26.1 Å². The summed E-state index contributed by atoms with van der Waals surface area (Å²) < 4.78 is 18.2. The number of ether oxygens (including phenoxy) is 1. The number of carbonyl (C=O) groups excluding carboxylic acids is 1. The fourth-order valence-corrected chi connectivity index (χ4v) is 4.56. The van der Waals surface area contributed by atoms with Crippen LogP contribution in [0.25, 0.3) is 0 Å². The Morgan fingerprint density at radius 2 is 2.12 bits per heavy atom. The van der Waals surface area contributed by atoms with Crippen LogP contribution in [0.15, 0.2) is 17.4 Å². The molecule has 134 valence electrons. The lowest BCUT2D eigenvalue weighted by Crippen LogP contribution is -2.47. The number of amides is 1. The highest BCUT2D eigenvalue weighted by atomic mass is 19.1. The zero-order chi connectivity index (χ0) is 17.6. The number of rotatable bonds is 4. The van der Waals surface area contributed by atoms with Gasteiger partial charge in [-0.3, -0.25) is 14.7 Å². The summed E-state index contributed by atoms with van der Waals surface area (Å²) in [5.74, 6) is 1.48. The van der Waals surface area contributed by atoms with Gasteiger partial charge in [-0.1, -0.05) is 0 Å². The van der Waals surface area contributed by atoms with Gasteiger partial charge in [0.1, 0.15) is 11.4 Å². The molecule has 8 heteroatoms. The second-order valence-electron chi connectivity index (χ2n) is 7.04. The average molecular weight is 347 g/mol. The van der Waals surface area contributed by atoms with Crippen LogP contribution >= 0.6 is 0 Å². The summed E-state index contributed by atoms with van der Waals surface area (Å²) in [6, 6.07) is 0. The first-order valence-electron chi connectivity index (χ1n) is 8.65. The minimum atomic E-state index is -0.655. The Balaban J connectivity index is 1.56. The fourth-order valence-electron chi connectivity index (χ4n) is 4.56. The average Bonchev–Trinajstić information content (AvgIpc) is 3.23. The van der Waals surface area contributed by atoms with E-state index in [0.29, 0.717) is 31.6 Å². The summed E-state index contributed by atoms with van der Waals surface area (Å²) in [6.45, 7) is 4.40. The molecule has 2 aliphatic heterocycles. The monoisotopic (exact) mass is 347 g/mol. The topological polar surface area (TPSA) is 70.9 Å². The second kappa shape index (κ2) is 6.01. The Hall–Kier alpha value is -2.09. The lowest BCUT2D eigenvalue weighted by Gasteiger charge is -2.28. The van der Waals surface area contributed by atoms with E-state index in [1.807, 2.05) is 11.8 Å². The van der Waals surface area contributed by atoms with E-state index in [2.05, 4.69) is 9.97 Å². The van der Waals surface area contributed by atoms with E-state index in [4.69, 9.17) is 9.73 Å². The number of methoxy groups -OCH3 is 1. The first-order chi connectivity index (χ1) is 12.0. The molecule has 0 bridgehead atoms. The van der Waals surface area contributed by atoms with Gasteiger partial charge >= 0.3 is 0 Å². The Labute approximate surface area is 145 Å². The van der Waals surface area contributed by atoms with Crippen LogP contribution in [0.5, 0.6) is 0 Å². The molecule has 3 heterocycles. The van der Waals surface area contributed by atoms with Crippen molar-refractivity contribution in [2.24, 2.45) is 16.8 Å². The molecule has 0 N–H and O–H groups in total. The normalized spacial score (nSPS) is 31.2. The molecule has 0 radical (unpaired) electrons. The maximum atomic E-state index is 13.1. The van der Waals surface area contributed by atoms with Crippen LogP contribution in [-0.2, 0) is 9.53 Å². The van der Waals surface area contributed by atoms with Crippen molar-refractivity contribution in [3.63, 3.8) is 0 Å². The number of amidine groups is 1. The molecular formula is C17H22FN5O2. The van der Waals surface area contributed by atoms with E-state index in [9.17, 15) is 9.18 Å². The van der Waals surface area contributed by atoms with Crippen molar-refractivity contribution in [1.82, 2.24) is 14.9 Å². The molecule has 3 aliphatic rings. The van der Waals surface area contributed by atoms with Crippen LogP contribution in [0.4, 0.5) is 10.3 Å². The number of halogens is 1. The van der Waals surface area contributed by atoms with Gasteiger partial charge < -0.3 is 9.64 Å². The molecule has 1 aromatic rings. The Morgan fingerprint density at radius 3 is 2.84 bits per heavy atom. The van der Waals surface area contributed by atoms with E-state index in [1.165, 1.54) is 12.4 Å². The lowest BCUT2D eigenvalue weighted by molar-refractivity contribution is -0.132. The molecule has 4 rings (SSSR count). The van der Waals surface area contributed by atoms with Crippen molar-refractivity contribution in [3.05, 3.63) is 18.2 Å². The quantitative estimate of drug-likeness (QED) is 0.816. The highest BCUT2D eigenvalue weighted by molar-refractivity contribution is 6.07. The number of anilines is 1. The first kappa shape index (κ1) is 16.4. The summed E-state index contributed by atoms with van der Waals surface area (Å²) in [5, 5.41) is 0. The van der Waals surface area contributed by atoms with E-state index < -0.39 is 11.4 Å². The molecule has 2 fully saturated rings. The summed E-state index contributed by atoms with van der Waals surface area (Å²) in [5.41, 5.74) is -0.655. The highest BCUT2D eigenvalue weighted by Gasteiger charge is 2.60. The number of hydrogen-bond donors (Lipinski definition) is 0. The van der Waals surface area contributed by atoms with E-state index >= 15 is 0 Å². The molecule has 1 amide bonds. The fraction of sp³-hybridized carbons (Fsp3) is 0.647. The summed E-state index contributed by atoms with van der Waals surface area (Å²) in [6.07, 6.45) is 4.12. The third-order valence-electron chi connectivity index (χ3n) is 5.73. The number of fused-ring (bicyclic) bond motifs is 2. The third-order valence-corrected chi connectivity index (χ3v) is 5.73. The van der Waals surface area contributed by atoms with Gasteiger partial charge in [-0.2, -0.15) is 0 Å². The van der Waals surface area contributed by atoms with Gasteiger partial charge in [0.15, 0.2) is 5.82 Å². The van der Waals surface area contributed by atoms with Crippen LogP contribution in [0, 0.1) is 17.7 Å². The van der Waals surface area contributed by atoms with Crippen molar-refractivity contribution in [3.8, 4) is 0 Å². The number of aromatic nitrogens is 2. The standard InChI is InChI=1S/C17H22FN5O2/c1-11-21-17(15(24)23(11)5-6-25-2)4-3-12-9-22(10-14(12)17)16-19-7-13(18)8-20-16/h7-8,12,14H,3-6,9-10H2,1-2H3/t12-,14+,17-/m1/s1. The molecule has 1 aromatic heterocycles. The van der Waals surface area contributed by atoms with Gasteiger partial charge in [-0.25, -0.2) is 14.4 Å². The minimum absolute atomic E-state index is 0.0939. The zero-order valence-electron chi connectivity index (χ0n) is 14.5. The Kier molecular flexibility index (Phi) is 3.94. The van der Waals surface area contributed by atoms with Crippen LogP contribution in [0.2, 0.25) is 0 Å². The van der Waals surface area contributed by atoms with Crippen molar-refractivity contribution < 1.29 is 13.9 Å². The summed E-state index contributed by atoms with van der Waals surface area (Å²) in [7, 11) is 1.63. The molecule has 1 saturated heterocycles. The van der Waals surface area contributed by atoms with E-state index in [0.717, 1.165) is 25.2 Å². The Bertz CT molecular complexity index is 709. The van der Waals surface area contributed by atoms with Gasteiger partial charge in [-0.15, -0.1) is 0 Å². The molecule has 0 unspecified atom stereocenters. The zero-order valence-corrected chi connectivity index (χ0v) is 14.5. The second-order valence-corrected chi connectivity index (χ2v) is 7.04. The Morgan fingerprint density at radius 1 is 1.36 bits per heavy atom. The first-order valence-corrected chi connectivity index (χ1v) is 8.65. The predicted molar refractivity (Wildman–Crippen MR) is 89.8 cm³/mol. The van der Waals surface area contributed by atoms with Crippen LogP contribution in [0.3, 0.4) is 0 Å². The van der Waals surface area contributed by atoms with Crippen molar-refractivity contribution in [1.29, 1.82) is 0 Å². The van der Waals surface area contributed by atoms with E-state index in [1.54, 1.807) is 12.0 Å². The largest absolute Gasteiger partial charge is 0.383 e.